The maximum absolute atomic E-state index is 12.6. The Kier molecular flexibility index (Phi) is 6.01. The van der Waals surface area contributed by atoms with Gasteiger partial charge in [-0.15, -0.1) is 0 Å². The highest BCUT2D eigenvalue weighted by molar-refractivity contribution is 7.98. The summed E-state index contributed by atoms with van der Waals surface area (Å²) in [6, 6.07) is 17.3. The van der Waals surface area contributed by atoms with Gasteiger partial charge in [0, 0.05) is 36.8 Å². The minimum Gasteiger partial charge on any atom is -0.352 e. The lowest BCUT2D eigenvalue weighted by Crippen LogP contribution is -2.29. The molecular weight excluding hydrogens is 384 g/mol. The molecule has 0 atom stereocenters. The standard InChI is InChI=1S/C21H20N6OS/c28-19(22-12-13-25-20-23-10-5-11-24-20)16-7-2-1-6-15(16)14-29-21-26-17-8-3-4-9-18(17)27-21/h1-11H,12-14H2,(H,22,28)(H,26,27)(H,23,24,25). The molecule has 146 valence electrons. The maximum Gasteiger partial charge on any atom is 0.251 e. The molecular formula is C21H20N6OS. The van der Waals surface area contributed by atoms with Crippen molar-refractivity contribution in [2.45, 2.75) is 10.9 Å². The number of nitrogens with zero attached hydrogens (tertiary/aromatic N) is 3. The Hall–Kier alpha value is -3.39. The van der Waals surface area contributed by atoms with Crippen LogP contribution in [-0.4, -0.2) is 38.9 Å². The molecule has 0 unspecified atom stereocenters. The minimum atomic E-state index is -0.0958. The Morgan fingerprint density at radius 2 is 1.76 bits per heavy atom. The van der Waals surface area contributed by atoms with Crippen LogP contribution < -0.4 is 10.6 Å². The molecule has 0 saturated carbocycles. The van der Waals surface area contributed by atoms with E-state index in [2.05, 4.69) is 30.6 Å². The highest BCUT2D eigenvalue weighted by atomic mass is 32.2. The second-order valence-corrected chi connectivity index (χ2v) is 7.22. The fourth-order valence-electron chi connectivity index (χ4n) is 2.85. The SMILES string of the molecule is O=C(NCCNc1ncccn1)c1ccccc1CSc1nc2ccccc2[nH]1. The Morgan fingerprint density at radius 1 is 0.966 bits per heavy atom. The molecule has 0 spiro atoms. The quantitative estimate of drug-likeness (QED) is 0.307. The zero-order valence-electron chi connectivity index (χ0n) is 15.6. The van der Waals surface area contributed by atoms with Gasteiger partial charge in [0.2, 0.25) is 5.95 Å². The molecule has 0 radical (unpaired) electrons. The van der Waals surface area contributed by atoms with Gasteiger partial charge in [-0.3, -0.25) is 4.79 Å². The number of aromatic amines is 1. The fourth-order valence-corrected chi connectivity index (χ4v) is 3.74. The van der Waals surface area contributed by atoms with Gasteiger partial charge < -0.3 is 15.6 Å². The summed E-state index contributed by atoms with van der Waals surface area (Å²) < 4.78 is 0. The first-order valence-electron chi connectivity index (χ1n) is 9.24. The van der Waals surface area contributed by atoms with E-state index in [-0.39, 0.29) is 5.91 Å². The number of imidazole rings is 1. The summed E-state index contributed by atoms with van der Waals surface area (Å²) in [5, 5.41) is 6.85. The third-order valence-electron chi connectivity index (χ3n) is 4.25. The van der Waals surface area contributed by atoms with Crippen LogP contribution in [0.1, 0.15) is 15.9 Å². The van der Waals surface area contributed by atoms with Crippen molar-refractivity contribution in [1.29, 1.82) is 0 Å². The van der Waals surface area contributed by atoms with Crippen LogP contribution in [-0.2, 0) is 5.75 Å². The molecule has 7 nitrogen and oxygen atoms in total. The van der Waals surface area contributed by atoms with Gasteiger partial charge in [-0.25, -0.2) is 15.0 Å². The first kappa shape index (κ1) is 18.9. The van der Waals surface area contributed by atoms with E-state index >= 15 is 0 Å². The lowest BCUT2D eigenvalue weighted by molar-refractivity contribution is 0.0954. The molecule has 0 fully saturated rings. The van der Waals surface area contributed by atoms with Crippen molar-refractivity contribution in [3.8, 4) is 0 Å². The van der Waals surface area contributed by atoms with E-state index in [9.17, 15) is 4.79 Å². The number of aromatic nitrogens is 4. The van der Waals surface area contributed by atoms with Crippen molar-refractivity contribution in [3.05, 3.63) is 78.1 Å². The number of benzene rings is 2. The average molecular weight is 404 g/mol. The summed E-state index contributed by atoms with van der Waals surface area (Å²) in [6.45, 7) is 1.02. The molecule has 0 aliphatic rings. The van der Waals surface area contributed by atoms with Gasteiger partial charge in [0.25, 0.3) is 5.91 Å². The summed E-state index contributed by atoms with van der Waals surface area (Å²) in [7, 11) is 0. The number of hydrogen-bond donors (Lipinski definition) is 3. The van der Waals surface area contributed by atoms with Crippen LogP contribution in [0.25, 0.3) is 11.0 Å². The molecule has 4 aromatic rings. The van der Waals surface area contributed by atoms with E-state index < -0.39 is 0 Å². The molecule has 0 aliphatic heterocycles. The summed E-state index contributed by atoms with van der Waals surface area (Å²) in [5.41, 5.74) is 3.59. The van der Waals surface area contributed by atoms with Crippen LogP contribution in [0.3, 0.4) is 0 Å². The summed E-state index contributed by atoms with van der Waals surface area (Å²) in [5.74, 6) is 1.10. The molecule has 2 aromatic heterocycles. The van der Waals surface area contributed by atoms with Crippen molar-refractivity contribution in [3.63, 3.8) is 0 Å². The van der Waals surface area contributed by atoms with E-state index in [4.69, 9.17) is 0 Å². The second-order valence-electron chi connectivity index (χ2n) is 6.26. The van der Waals surface area contributed by atoms with Gasteiger partial charge in [0.05, 0.1) is 11.0 Å². The number of amides is 1. The molecule has 0 bridgehead atoms. The molecule has 2 heterocycles. The molecule has 0 saturated heterocycles. The number of para-hydroxylation sites is 2. The zero-order valence-corrected chi connectivity index (χ0v) is 16.4. The van der Waals surface area contributed by atoms with Crippen LogP contribution in [0.2, 0.25) is 0 Å². The van der Waals surface area contributed by atoms with E-state index in [1.807, 2.05) is 48.5 Å². The molecule has 1 amide bonds. The fraction of sp³-hybridized carbons (Fsp3) is 0.143. The first-order chi connectivity index (χ1) is 14.3. The highest BCUT2D eigenvalue weighted by Crippen LogP contribution is 2.24. The normalized spacial score (nSPS) is 10.8. The van der Waals surface area contributed by atoms with Gasteiger partial charge >= 0.3 is 0 Å². The van der Waals surface area contributed by atoms with Crippen LogP contribution in [0.4, 0.5) is 5.95 Å². The maximum atomic E-state index is 12.6. The average Bonchev–Trinajstić information content (AvgIpc) is 3.19. The van der Waals surface area contributed by atoms with Crippen LogP contribution in [0.5, 0.6) is 0 Å². The third-order valence-corrected chi connectivity index (χ3v) is 5.18. The number of H-pyrrole nitrogens is 1. The van der Waals surface area contributed by atoms with Gasteiger partial charge in [-0.1, -0.05) is 42.1 Å². The molecule has 3 N–H and O–H groups in total. The Morgan fingerprint density at radius 3 is 2.62 bits per heavy atom. The minimum absolute atomic E-state index is 0.0958. The molecule has 2 aromatic carbocycles. The Balaban J connectivity index is 1.33. The van der Waals surface area contributed by atoms with Crippen LogP contribution in [0.15, 0.2) is 72.1 Å². The van der Waals surface area contributed by atoms with Gasteiger partial charge in [-0.05, 0) is 29.8 Å². The summed E-state index contributed by atoms with van der Waals surface area (Å²) in [4.78, 5) is 28.7. The predicted molar refractivity (Wildman–Crippen MR) is 115 cm³/mol. The number of hydrogen-bond acceptors (Lipinski definition) is 6. The Labute approximate surface area is 172 Å². The monoisotopic (exact) mass is 404 g/mol. The number of carbonyl (C=O) groups excluding carboxylic acids is 1. The van der Waals surface area contributed by atoms with Crippen molar-refractivity contribution in [2.75, 3.05) is 18.4 Å². The van der Waals surface area contributed by atoms with Crippen molar-refractivity contribution in [2.24, 2.45) is 0 Å². The zero-order chi connectivity index (χ0) is 19.9. The number of thioether (sulfide) groups is 1. The lowest BCUT2D eigenvalue weighted by Gasteiger charge is -2.10. The van der Waals surface area contributed by atoms with E-state index in [1.165, 1.54) is 0 Å². The predicted octanol–water partition coefficient (Wildman–Crippen LogP) is 3.49. The van der Waals surface area contributed by atoms with Gasteiger partial charge in [0.1, 0.15) is 0 Å². The number of nitrogens with one attached hydrogen (secondary N) is 3. The highest BCUT2D eigenvalue weighted by Gasteiger charge is 2.12. The van der Waals surface area contributed by atoms with E-state index in [0.717, 1.165) is 21.8 Å². The largest absolute Gasteiger partial charge is 0.352 e. The number of carbonyl (C=O) groups is 1. The van der Waals surface area contributed by atoms with E-state index in [1.54, 1.807) is 30.2 Å². The smallest absolute Gasteiger partial charge is 0.251 e. The van der Waals surface area contributed by atoms with Crippen molar-refractivity contribution in [1.82, 2.24) is 25.3 Å². The molecule has 0 aliphatic carbocycles. The summed E-state index contributed by atoms with van der Waals surface area (Å²) in [6.07, 6.45) is 3.34. The first-order valence-corrected chi connectivity index (χ1v) is 10.2. The lowest BCUT2D eigenvalue weighted by atomic mass is 10.1. The third kappa shape index (κ3) is 4.91. The number of fused-ring (bicyclic) bond motifs is 1. The summed E-state index contributed by atoms with van der Waals surface area (Å²) >= 11 is 1.58. The van der Waals surface area contributed by atoms with Crippen LogP contribution >= 0.6 is 11.8 Å². The Bertz CT molecular complexity index is 1070. The topological polar surface area (TPSA) is 95.6 Å². The van der Waals surface area contributed by atoms with E-state index in [0.29, 0.717) is 30.4 Å². The molecule has 4 rings (SSSR count). The van der Waals surface area contributed by atoms with Crippen molar-refractivity contribution >= 4 is 34.7 Å². The second kappa shape index (κ2) is 9.20. The van der Waals surface area contributed by atoms with Gasteiger partial charge in [-0.2, -0.15) is 0 Å². The number of anilines is 1. The number of rotatable bonds is 8. The van der Waals surface area contributed by atoms with Crippen molar-refractivity contribution < 1.29 is 4.79 Å². The molecule has 8 heteroatoms. The van der Waals surface area contributed by atoms with Crippen LogP contribution in [0, 0.1) is 0 Å². The molecule has 29 heavy (non-hydrogen) atoms. The van der Waals surface area contributed by atoms with Gasteiger partial charge in [0.15, 0.2) is 5.16 Å².